The van der Waals surface area contributed by atoms with Gasteiger partial charge in [0, 0.05) is 5.02 Å². The van der Waals surface area contributed by atoms with E-state index in [0.29, 0.717) is 5.75 Å². The van der Waals surface area contributed by atoms with Crippen LogP contribution in [0.1, 0.15) is 10.4 Å². The van der Waals surface area contributed by atoms with Crippen molar-refractivity contribution in [1.82, 2.24) is 0 Å². The number of carbonyl (C=O) groups is 1. The van der Waals surface area contributed by atoms with Crippen molar-refractivity contribution in [2.24, 2.45) is 0 Å². The molecule has 0 radical (unpaired) electrons. The number of benzene rings is 2. The Labute approximate surface area is 131 Å². The first-order valence-corrected chi connectivity index (χ1v) is 6.86. The van der Waals surface area contributed by atoms with E-state index in [4.69, 9.17) is 37.8 Å². The maximum absolute atomic E-state index is 11.2. The SMILES string of the molecule is O=C(O)c1cc(Cl)cc(Cl)c1OCCOc1ccccc1. The van der Waals surface area contributed by atoms with Crippen LogP contribution < -0.4 is 9.47 Å². The second-order valence-electron chi connectivity index (χ2n) is 4.08. The van der Waals surface area contributed by atoms with Crippen LogP contribution in [0.4, 0.5) is 0 Å². The summed E-state index contributed by atoms with van der Waals surface area (Å²) in [5, 5.41) is 9.51. The zero-order chi connectivity index (χ0) is 15.2. The summed E-state index contributed by atoms with van der Waals surface area (Å²) in [6.45, 7) is 0.429. The molecule has 6 heteroatoms. The summed E-state index contributed by atoms with van der Waals surface area (Å²) in [6.07, 6.45) is 0. The molecule has 0 unspecified atom stereocenters. The van der Waals surface area contributed by atoms with Gasteiger partial charge in [0.15, 0.2) is 5.75 Å². The first kappa shape index (κ1) is 15.5. The van der Waals surface area contributed by atoms with Gasteiger partial charge in [-0.1, -0.05) is 41.4 Å². The van der Waals surface area contributed by atoms with Gasteiger partial charge in [0.25, 0.3) is 0 Å². The molecule has 0 heterocycles. The van der Waals surface area contributed by atoms with Crippen molar-refractivity contribution < 1.29 is 19.4 Å². The zero-order valence-electron chi connectivity index (χ0n) is 10.9. The molecule has 0 aromatic heterocycles. The number of ether oxygens (including phenoxy) is 2. The van der Waals surface area contributed by atoms with Gasteiger partial charge >= 0.3 is 5.97 Å². The number of carboxylic acids is 1. The van der Waals surface area contributed by atoms with Crippen LogP contribution in [0.3, 0.4) is 0 Å². The van der Waals surface area contributed by atoms with Gasteiger partial charge in [-0.2, -0.15) is 0 Å². The molecule has 0 spiro atoms. The summed E-state index contributed by atoms with van der Waals surface area (Å²) < 4.78 is 10.9. The van der Waals surface area contributed by atoms with Gasteiger partial charge in [0.05, 0.1) is 5.02 Å². The van der Waals surface area contributed by atoms with Crippen molar-refractivity contribution in [1.29, 1.82) is 0 Å². The topological polar surface area (TPSA) is 55.8 Å². The molecule has 0 bridgehead atoms. The summed E-state index contributed by atoms with van der Waals surface area (Å²) in [7, 11) is 0. The third-order valence-corrected chi connectivity index (χ3v) is 3.08. The molecule has 0 amide bonds. The number of aromatic carboxylic acids is 1. The summed E-state index contributed by atoms with van der Waals surface area (Å²) in [5.74, 6) is -0.356. The molecule has 1 N–H and O–H groups in total. The van der Waals surface area contributed by atoms with Crippen molar-refractivity contribution in [2.45, 2.75) is 0 Å². The molecule has 2 rings (SSSR count). The quantitative estimate of drug-likeness (QED) is 0.810. The Hall–Kier alpha value is -1.91. The molecule has 0 fully saturated rings. The Balaban J connectivity index is 1.98. The van der Waals surface area contributed by atoms with Gasteiger partial charge in [0.1, 0.15) is 24.5 Å². The molecule has 0 aliphatic carbocycles. The normalized spacial score (nSPS) is 10.2. The largest absolute Gasteiger partial charge is 0.490 e. The van der Waals surface area contributed by atoms with E-state index in [2.05, 4.69) is 0 Å². The third-order valence-electron chi connectivity index (χ3n) is 2.58. The Morgan fingerprint density at radius 1 is 1.05 bits per heavy atom. The van der Waals surface area contributed by atoms with E-state index in [1.807, 2.05) is 30.3 Å². The van der Waals surface area contributed by atoms with Crippen LogP contribution in [0, 0.1) is 0 Å². The molecule has 21 heavy (non-hydrogen) atoms. The smallest absolute Gasteiger partial charge is 0.339 e. The number of para-hydroxylation sites is 1. The summed E-state index contributed by atoms with van der Waals surface area (Å²) >= 11 is 11.7. The fourth-order valence-corrected chi connectivity index (χ4v) is 2.23. The minimum absolute atomic E-state index is 0.0767. The highest BCUT2D eigenvalue weighted by Crippen LogP contribution is 2.32. The van der Waals surface area contributed by atoms with E-state index in [9.17, 15) is 4.79 Å². The van der Waals surface area contributed by atoms with Gasteiger partial charge in [-0.15, -0.1) is 0 Å². The molecule has 4 nitrogen and oxygen atoms in total. The predicted octanol–water partition coefficient (Wildman–Crippen LogP) is 4.15. The van der Waals surface area contributed by atoms with E-state index in [1.54, 1.807) is 0 Å². The van der Waals surface area contributed by atoms with E-state index in [0.717, 1.165) is 0 Å². The van der Waals surface area contributed by atoms with Crippen molar-refractivity contribution >= 4 is 29.2 Å². The molecule has 110 valence electrons. The van der Waals surface area contributed by atoms with Crippen molar-refractivity contribution in [2.75, 3.05) is 13.2 Å². The number of hydrogen-bond donors (Lipinski definition) is 1. The predicted molar refractivity (Wildman–Crippen MR) is 80.9 cm³/mol. The highest BCUT2D eigenvalue weighted by Gasteiger charge is 2.16. The maximum Gasteiger partial charge on any atom is 0.339 e. The molecule has 0 saturated heterocycles. The Kier molecular flexibility index (Phi) is 5.31. The average molecular weight is 327 g/mol. The molecule has 0 aliphatic rings. The summed E-state index contributed by atoms with van der Waals surface area (Å²) in [6, 6.07) is 12.0. The lowest BCUT2D eigenvalue weighted by atomic mass is 10.2. The standard InChI is InChI=1S/C15H12Cl2O4/c16-10-8-12(15(18)19)14(13(17)9-10)21-7-6-20-11-4-2-1-3-5-11/h1-5,8-9H,6-7H2,(H,18,19). The van der Waals surface area contributed by atoms with Gasteiger partial charge in [0.2, 0.25) is 0 Å². The summed E-state index contributed by atoms with van der Waals surface area (Å²) in [5.41, 5.74) is -0.0767. The lowest BCUT2D eigenvalue weighted by Gasteiger charge is -2.12. The van der Waals surface area contributed by atoms with Crippen LogP contribution in [0.2, 0.25) is 10.0 Å². The molecular formula is C15H12Cl2O4. The molecule has 0 saturated carbocycles. The van der Waals surface area contributed by atoms with Gasteiger partial charge in [-0.25, -0.2) is 4.79 Å². The molecule has 2 aromatic carbocycles. The lowest BCUT2D eigenvalue weighted by Crippen LogP contribution is -2.11. The number of hydrogen-bond acceptors (Lipinski definition) is 3. The second-order valence-corrected chi connectivity index (χ2v) is 4.92. The second kappa shape index (κ2) is 7.20. The highest BCUT2D eigenvalue weighted by atomic mass is 35.5. The first-order valence-electron chi connectivity index (χ1n) is 6.11. The number of halogens is 2. The Morgan fingerprint density at radius 3 is 2.38 bits per heavy atom. The van der Waals surface area contributed by atoms with Crippen molar-refractivity contribution in [3.63, 3.8) is 0 Å². The fraction of sp³-hybridized carbons (Fsp3) is 0.133. The number of rotatable bonds is 6. The lowest BCUT2D eigenvalue weighted by molar-refractivity contribution is 0.0691. The monoisotopic (exact) mass is 326 g/mol. The first-order chi connectivity index (χ1) is 10.1. The van der Waals surface area contributed by atoms with Crippen LogP contribution in [0.15, 0.2) is 42.5 Å². The zero-order valence-corrected chi connectivity index (χ0v) is 12.4. The van der Waals surface area contributed by atoms with Crippen LogP contribution in [0.25, 0.3) is 0 Å². The average Bonchev–Trinajstić information content (AvgIpc) is 2.45. The van der Waals surface area contributed by atoms with Crippen LogP contribution in [-0.4, -0.2) is 24.3 Å². The molecule has 0 aliphatic heterocycles. The minimum Gasteiger partial charge on any atom is -0.490 e. The van der Waals surface area contributed by atoms with E-state index in [-0.39, 0.29) is 34.6 Å². The van der Waals surface area contributed by atoms with Gasteiger partial charge in [-0.05, 0) is 24.3 Å². The van der Waals surface area contributed by atoms with E-state index < -0.39 is 5.97 Å². The molecule has 2 aromatic rings. The van der Waals surface area contributed by atoms with Crippen LogP contribution >= 0.6 is 23.2 Å². The molecule has 0 atom stereocenters. The highest BCUT2D eigenvalue weighted by molar-refractivity contribution is 6.36. The van der Waals surface area contributed by atoms with Gasteiger partial charge in [-0.3, -0.25) is 0 Å². The Morgan fingerprint density at radius 2 is 1.71 bits per heavy atom. The van der Waals surface area contributed by atoms with Gasteiger partial charge < -0.3 is 14.6 Å². The van der Waals surface area contributed by atoms with Crippen LogP contribution in [0.5, 0.6) is 11.5 Å². The minimum atomic E-state index is -1.15. The van der Waals surface area contributed by atoms with E-state index >= 15 is 0 Å². The van der Waals surface area contributed by atoms with Crippen LogP contribution in [-0.2, 0) is 0 Å². The third kappa shape index (κ3) is 4.28. The fourth-order valence-electron chi connectivity index (χ4n) is 1.69. The Bertz CT molecular complexity index is 629. The molecular weight excluding hydrogens is 315 g/mol. The number of carboxylic acid groups (broad SMARTS) is 1. The van der Waals surface area contributed by atoms with E-state index in [1.165, 1.54) is 12.1 Å². The summed E-state index contributed by atoms with van der Waals surface area (Å²) in [4.78, 5) is 11.2. The van der Waals surface area contributed by atoms with Crippen molar-refractivity contribution in [3.05, 3.63) is 58.1 Å². The maximum atomic E-state index is 11.2. The van der Waals surface area contributed by atoms with Crippen molar-refractivity contribution in [3.8, 4) is 11.5 Å².